The number of rotatable bonds is 3. The van der Waals surface area contributed by atoms with E-state index in [2.05, 4.69) is 20.6 Å². The topological polar surface area (TPSA) is 92.0 Å². The fourth-order valence-corrected chi connectivity index (χ4v) is 3.06. The van der Waals surface area contributed by atoms with Crippen LogP contribution < -0.4 is 16.2 Å². The smallest absolute Gasteiger partial charge is 0.222 e. The summed E-state index contributed by atoms with van der Waals surface area (Å²) in [5, 5.41) is 1.86. The van der Waals surface area contributed by atoms with Crippen LogP contribution in [0.2, 0.25) is 0 Å². The van der Waals surface area contributed by atoms with Crippen LogP contribution in [-0.2, 0) is 6.54 Å². The molecule has 2 heterocycles. The standard InChI is InChI=1S/C18H17N5O/c1-24-12-4-2-3-11(9-12)10-23-8-7-13-15(23)6-5-14-16(13)17(19)22-18(20)21-14/h2-9H,10H2,1H3,(H4,19,20,21,22). The van der Waals surface area contributed by atoms with Gasteiger partial charge in [0.15, 0.2) is 0 Å². The van der Waals surface area contributed by atoms with Crippen molar-refractivity contribution in [2.75, 3.05) is 18.6 Å². The van der Waals surface area contributed by atoms with Crippen LogP contribution in [0.3, 0.4) is 0 Å². The van der Waals surface area contributed by atoms with Crippen LogP contribution in [0.1, 0.15) is 5.56 Å². The first-order valence-corrected chi connectivity index (χ1v) is 7.59. The van der Waals surface area contributed by atoms with Crippen LogP contribution in [0.25, 0.3) is 21.8 Å². The second-order valence-corrected chi connectivity index (χ2v) is 5.65. The maximum Gasteiger partial charge on any atom is 0.222 e. The van der Waals surface area contributed by atoms with Crippen molar-refractivity contribution in [2.24, 2.45) is 0 Å². The average Bonchev–Trinajstić information content (AvgIpc) is 2.97. The Kier molecular flexibility index (Phi) is 3.23. The zero-order chi connectivity index (χ0) is 16.7. The molecule has 0 atom stereocenters. The lowest BCUT2D eigenvalue weighted by molar-refractivity contribution is 0.414. The van der Waals surface area contributed by atoms with Crippen molar-refractivity contribution in [3.05, 3.63) is 54.2 Å². The third kappa shape index (κ3) is 2.28. The van der Waals surface area contributed by atoms with Gasteiger partial charge in [-0.3, -0.25) is 0 Å². The fraction of sp³-hybridized carbons (Fsp3) is 0.111. The summed E-state index contributed by atoms with van der Waals surface area (Å²) in [6, 6.07) is 14.0. The van der Waals surface area contributed by atoms with Crippen molar-refractivity contribution >= 4 is 33.6 Å². The van der Waals surface area contributed by atoms with Gasteiger partial charge in [0.25, 0.3) is 0 Å². The number of nitrogen functional groups attached to an aromatic ring is 2. The summed E-state index contributed by atoms with van der Waals surface area (Å²) in [4.78, 5) is 8.35. The lowest BCUT2D eigenvalue weighted by atomic mass is 10.1. The van der Waals surface area contributed by atoms with E-state index in [1.54, 1.807) is 7.11 Å². The highest BCUT2D eigenvalue weighted by molar-refractivity contribution is 6.10. The molecule has 0 aliphatic carbocycles. The summed E-state index contributed by atoms with van der Waals surface area (Å²) < 4.78 is 7.46. The molecular weight excluding hydrogens is 302 g/mol. The Morgan fingerprint density at radius 2 is 1.96 bits per heavy atom. The summed E-state index contributed by atoms with van der Waals surface area (Å²) >= 11 is 0. The number of methoxy groups -OCH3 is 1. The van der Waals surface area contributed by atoms with Gasteiger partial charge >= 0.3 is 0 Å². The van der Waals surface area contributed by atoms with Crippen molar-refractivity contribution in [3.63, 3.8) is 0 Å². The normalized spacial score (nSPS) is 11.2. The molecule has 2 aromatic carbocycles. The maximum absolute atomic E-state index is 6.07. The molecule has 0 amide bonds. The monoisotopic (exact) mass is 319 g/mol. The van der Waals surface area contributed by atoms with Gasteiger partial charge in [-0.25, -0.2) is 4.98 Å². The number of nitrogens with two attached hydrogens (primary N) is 2. The Morgan fingerprint density at radius 3 is 2.79 bits per heavy atom. The number of nitrogens with zero attached hydrogens (tertiary/aromatic N) is 3. The van der Waals surface area contributed by atoms with Gasteiger partial charge in [0.05, 0.1) is 18.0 Å². The van der Waals surface area contributed by atoms with Crippen LogP contribution in [-0.4, -0.2) is 21.6 Å². The van der Waals surface area contributed by atoms with Gasteiger partial charge in [-0.15, -0.1) is 0 Å². The second kappa shape index (κ2) is 5.42. The summed E-state index contributed by atoms with van der Waals surface area (Å²) in [5.74, 6) is 1.44. The minimum Gasteiger partial charge on any atom is -0.497 e. The molecule has 0 aliphatic rings. The molecule has 120 valence electrons. The number of anilines is 2. The van der Waals surface area contributed by atoms with E-state index in [1.807, 2.05) is 42.6 Å². The number of hydrogen-bond donors (Lipinski definition) is 2. The third-order valence-corrected chi connectivity index (χ3v) is 4.14. The van der Waals surface area contributed by atoms with Crippen LogP contribution in [0.15, 0.2) is 48.7 Å². The first-order valence-electron chi connectivity index (χ1n) is 7.59. The van der Waals surface area contributed by atoms with E-state index in [-0.39, 0.29) is 5.95 Å². The predicted molar refractivity (Wildman–Crippen MR) is 96.0 cm³/mol. The van der Waals surface area contributed by atoms with Gasteiger partial charge in [0, 0.05) is 23.6 Å². The highest BCUT2D eigenvalue weighted by atomic mass is 16.5. The highest BCUT2D eigenvalue weighted by Crippen LogP contribution is 2.29. The summed E-state index contributed by atoms with van der Waals surface area (Å²) in [7, 11) is 1.67. The molecule has 2 aromatic heterocycles. The highest BCUT2D eigenvalue weighted by Gasteiger charge is 2.11. The van der Waals surface area contributed by atoms with Gasteiger partial charge in [0.1, 0.15) is 11.6 Å². The van der Waals surface area contributed by atoms with Crippen molar-refractivity contribution in [3.8, 4) is 5.75 Å². The third-order valence-electron chi connectivity index (χ3n) is 4.14. The second-order valence-electron chi connectivity index (χ2n) is 5.65. The SMILES string of the molecule is COc1cccc(Cn2ccc3c4c(N)nc(N)nc4ccc32)c1. The molecule has 4 rings (SSSR count). The molecule has 6 nitrogen and oxygen atoms in total. The Morgan fingerprint density at radius 1 is 1.08 bits per heavy atom. The number of hydrogen-bond acceptors (Lipinski definition) is 5. The zero-order valence-corrected chi connectivity index (χ0v) is 13.2. The van der Waals surface area contributed by atoms with Crippen LogP contribution >= 0.6 is 0 Å². The molecule has 0 fully saturated rings. The Balaban J connectivity index is 1.84. The van der Waals surface area contributed by atoms with Gasteiger partial charge in [-0.1, -0.05) is 12.1 Å². The Labute approximate surface area is 138 Å². The number of ether oxygens (including phenoxy) is 1. The maximum atomic E-state index is 6.07. The first kappa shape index (κ1) is 14.3. The molecule has 0 bridgehead atoms. The van der Waals surface area contributed by atoms with Crippen molar-refractivity contribution in [2.45, 2.75) is 6.54 Å². The quantitative estimate of drug-likeness (QED) is 0.606. The predicted octanol–water partition coefficient (Wildman–Crippen LogP) is 2.81. The number of benzene rings is 2. The van der Waals surface area contributed by atoms with E-state index in [0.717, 1.165) is 39.7 Å². The van der Waals surface area contributed by atoms with Gasteiger partial charge in [-0.2, -0.15) is 4.98 Å². The van der Waals surface area contributed by atoms with Crippen molar-refractivity contribution in [1.29, 1.82) is 0 Å². The van der Waals surface area contributed by atoms with Crippen LogP contribution in [0.5, 0.6) is 5.75 Å². The lowest BCUT2D eigenvalue weighted by Gasteiger charge is -2.09. The zero-order valence-electron chi connectivity index (χ0n) is 13.2. The number of fused-ring (bicyclic) bond motifs is 3. The summed E-state index contributed by atoms with van der Waals surface area (Å²) in [5.41, 5.74) is 14.7. The first-order chi connectivity index (χ1) is 11.7. The molecule has 0 unspecified atom stereocenters. The molecule has 0 radical (unpaired) electrons. The average molecular weight is 319 g/mol. The molecule has 0 aliphatic heterocycles. The van der Waals surface area contributed by atoms with Crippen molar-refractivity contribution < 1.29 is 4.74 Å². The van der Waals surface area contributed by atoms with Crippen LogP contribution in [0.4, 0.5) is 11.8 Å². The van der Waals surface area contributed by atoms with Gasteiger partial charge in [-0.05, 0) is 35.9 Å². The molecule has 0 saturated carbocycles. The lowest BCUT2D eigenvalue weighted by Crippen LogP contribution is -2.01. The van der Waals surface area contributed by atoms with E-state index in [0.29, 0.717) is 5.82 Å². The van der Waals surface area contributed by atoms with Crippen molar-refractivity contribution in [1.82, 2.24) is 14.5 Å². The van der Waals surface area contributed by atoms with E-state index >= 15 is 0 Å². The molecule has 4 aromatic rings. The molecule has 0 saturated heterocycles. The molecule has 0 spiro atoms. The molecule has 6 heteroatoms. The number of aromatic nitrogens is 3. The fourth-order valence-electron chi connectivity index (χ4n) is 3.06. The largest absolute Gasteiger partial charge is 0.497 e. The molecule has 24 heavy (non-hydrogen) atoms. The van der Waals surface area contributed by atoms with E-state index in [4.69, 9.17) is 16.2 Å². The van der Waals surface area contributed by atoms with Crippen LogP contribution in [0, 0.1) is 0 Å². The van der Waals surface area contributed by atoms with Gasteiger partial charge < -0.3 is 20.8 Å². The molecule has 4 N–H and O–H groups in total. The Hall–Kier alpha value is -3.28. The van der Waals surface area contributed by atoms with Gasteiger partial charge in [0.2, 0.25) is 5.95 Å². The summed E-state index contributed by atoms with van der Waals surface area (Å²) in [6.07, 6.45) is 2.04. The minimum atomic E-state index is 0.190. The van der Waals surface area contributed by atoms with E-state index in [1.165, 1.54) is 0 Å². The molecular formula is C18H17N5O. The Bertz CT molecular complexity index is 1050. The van der Waals surface area contributed by atoms with E-state index in [9.17, 15) is 0 Å². The van der Waals surface area contributed by atoms with E-state index < -0.39 is 0 Å². The minimum absolute atomic E-state index is 0.190. The summed E-state index contributed by atoms with van der Waals surface area (Å²) in [6.45, 7) is 0.738.